The maximum absolute atomic E-state index is 5.49. The molecule has 21 heavy (non-hydrogen) atoms. The van der Waals surface area contributed by atoms with Gasteiger partial charge in [0.15, 0.2) is 5.76 Å². The van der Waals surface area contributed by atoms with Crippen molar-refractivity contribution in [1.29, 1.82) is 0 Å². The van der Waals surface area contributed by atoms with Crippen molar-refractivity contribution in [3.05, 3.63) is 17.5 Å². The van der Waals surface area contributed by atoms with Gasteiger partial charge in [-0.3, -0.25) is 4.90 Å². The summed E-state index contributed by atoms with van der Waals surface area (Å²) in [6, 6.07) is 2.10. The minimum absolute atomic E-state index is 0.488. The van der Waals surface area contributed by atoms with E-state index >= 15 is 0 Å². The molecule has 1 saturated heterocycles. The van der Waals surface area contributed by atoms with Gasteiger partial charge in [0.05, 0.1) is 12.2 Å². The Hall–Kier alpha value is -0.870. The molecule has 2 heterocycles. The number of rotatable bonds is 6. The molecule has 0 unspecified atom stereocenters. The number of hydrogen-bond acceptors (Lipinski definition) is 4. The van der Waals surface area contributed by atoms with Crippen LogP contribution in [0.4, 0.5) is 0 Å². The smallest absolute Gasteiger partial charge is 0.151 e. The van der Waals surface area contributed by atoms with Gasteiger partial charge in [0.2, 0.25) is 0 Å². The summed E-state index contributed by atoms with van der Waals surface area (Å²) in [6.45, 7) is 14.2. The fourth-order valence-corrected chi connectivity index (χ4v) is 2.86. The van der Waals surface area contributed by atoms with E-state index in [0.717, 1.165) is 37.6 Å². The lowest BCUT2D eigenvalue weighted by molar-refractivity contribution is 0.227. The van der Waals surface area contributed by atoms with E-state index in [-0.39, 0.29) is 0 Å². The Morgan fingerprint density at radius 2 is 2.14 bits per heavy atom. The van der Waals surface area contributed by atoms with E-state index in [4.69, 9.17) is 4.52 Å². The maximum Gasteiger partial charge on any atom is 0.151 e. The van der Waals surface area contributed by atoms with Crippen LogP contribution in [-0.2, 0) is 13.1 Å². The summed E-state index contributed by atoms with van der Waals surface area (Å²) in [7, 11) is 0. The molecule has 0 aliphatic carbocycles. The highest BCUT2D eigenvalue weighted by atomic mass is 16.5. The van der Waals surface area contributed by atoms with Crippen LogP contribution in [0.2, 0.25) is 0 Å². The SMILES string of the molecule is CC(C)CNCc1cc(CN2CCCC(C)(C)CC2)on1. The Labute approximate surface area is 129 Å². The predicted octanol–water partition coefficient (Wildman–Crippen LogP) is 3.43. The lowest BCUT2D eigenvalue weighted by Crippen LogP contribution is -2.24. The lowest BCUT2D eigenvalue weighted by atomic mass is 9.85. The van der Waals surface area contributed by atoms with E-state index in [1.807, 2.05) is 0 Å². The first-order valence-electron chi connectivity index (χ1n) is 8.32. The number of nitrogens with one attached hydrogen (secondary N) is 1. The molecule has 4 heteroatoms. The second-order valence-electron chi connectivity index (χ2n) is 7.60. The van der Waals surface area contributed by atoms with Gasteiger partial charge in [-0.05, 0) is 50.2 Å². The standard InChI is InChI=1S/C17H31N3O/c1-14(2)11-18-12-15-10-16(21-19-15)13-20-8-5-6-17(3,4)7-9-20/h10,14,18H,5-9,11-13H2,1-4H3. The Morgan fingerprint density at radius 3 is 2.90 bits per heavy atom. The van der Waals surface area contributed by atoms with Crippen molar-refractivity contribution in [3.8, 4) is 0 Å². The van der Waals surface area contributed by atoms with Crippen LogP contribution in [0.1, 0.15) is 58.4 Å². The summed E-state index contributed by atoms with van der Waals surface area (Å²) in [5.74, 6) is 1.66. The fraction of sp³-hybridized carbons (Fsp3) is 0.824. The topological polar surface area (TPSA) is 41.3 Å². The molecule has 0 saturated carbocycles. The number of likely N-dealkylation sites (tertiary alicyclic amines) is 1. The van der Waals surface area contributed by atoms with Gasteiger partial charge in [-0.15, -0.1) is 0 Å². The summed E-state index contributed by atoms with van der Waals surface area (Å²) in [5, 5.41) is 7.57. The van der Waals surface area contributed by atoms with Crippen molar-refractivity contribution in [2.24, 2.45) is 11.3 Å². The van der Waals surface area contributed by atoms with Gasteiger partial charge in [0, 0.05) is 12.6 Å². The first-order chi connectivity index (χ1) is 9.94. The third-order valence-corrected chi connectivity index (χ3v) is 4.28. The molecule has 1 aromatic rings. The molecule has 0 spiro atoms. The Kier molecular flexibility index (Phi) is 5.82. The van der Waals surface area contributed by atoms with Crippen molar-refractivity contribution >= 4 is 0 Å². The minimum Gasteiger partial charge on any atom is -0.360 e. The lowest BCUT2D eigenvalue weighted by Gasteiger charge is -2.22. The highest BCUT2D eigenvalue weighted by Crippen LogP contribution is 2.30. The van der Waals surface area contributed by atoms with Crippen molar-refractivity contribution in [2.75, 3.05) is 19.6 Å². The zero-order valence-corrected chi connectivity index (χ0v) is 14.1. The molecule has 2 rings (SSSR count). The second-order valence-corrected chi connectivity index (χ2v) is 7.60. The third-order valence-electron chi connectivity index (χ3n) is 4.28. The number of hydrogen-bond donors (Lipinski definition) is 1. The Bertz CT molecular complexity index is 425. The van der Waals surface area contributed by atoms with E-state index in [0.29, 0.717) is 11.3 Å². The highest BCUT2D eigenvalue weighted by molar-refractivity contribution is 5.05. The minimum atomic E-state index is 0.488. The highest BCUT2D eigenvalue weighted by Gasteiger charge is 2.23. The molecule has 0 amide bonds. The average molecular weight is 293 g/mol. The first-order valence-corrected chi connectivity index (χ1v) is 8.32. The quantitative estimate of drug-likeness (QED) is 0.872. The van der Waals surface area contributed by atoms with Gasteiger partial charge < -0.3 is 9.84 Å². The summed E-state index contributed by atoms with van der Waals surface area (Å²) in [6.07, 6.45) is 3.87. The van der Waals surface area contributed by atoms with Crippen LogP contribution in [0.3, 0.4) is 0 Å². The first kappa shape index (κ1) is 16.5. The predicted molar refractivity (Wildman–Crippen MR) is 86.0 cm³/mol. The van der Waals surface area contributed by atoms with Gasteiger partial charge in [0.1, 0.15) is 0 Å². The van der Waals surface area contributed by atoms with Crippen molar-refractivity contribution in [1.82, 2.24) is 15.4 Å². The molecule has 1 aliphatic rings. The van der Waals surface area contributed by atoms with Crippen molar-refractivity contribution in [3.63, 3.8) is 0 Å². The molecule has 0 aromatic carbocycles. The summed E-state index contributed by atoms with van der Waals surface area (Å²) >= 11 is 0. The van der Waals surface area contributed by atoms with Gasteiger partial charge in [-0.2, -0.15) is 0 Å². The molecular weight excluding hydrogens is 262 g/mol. The van der Waals surface area contributed by atoms with E-state index in [1.54, 1.807) is 0 Å². The molecule has 0 atom stereocenters. The third kappa shape index (κ3) is 5.79. The molecular formula is C17H31N3O. The largest absolute Gasteiger partial charge is 0.360 e. The molecule has 0 bridgehead atoms. The van der Waals surface area contributed by atoms with Crippen LogP contribution in [0.15, 0.2) is 10.6 Å². The molecule has 1 aromatic heterocycles. The van der Waals surface area contributed by atoms with Crippen molar-refractivity contribution in [2.45, 2.75) is 60.0 Å². The molecule has 4 nitrogen and oxygen atoms in total. The number of aromatic nitrogens is 1. The monoisotopic (exact) mass is 293 g/mol. The Balaban J connectivity index is 1.79. The molecule has 0 radical (unpaired) electrons. The summed E-state index contributed by atoms with van der Waals surface area (Å²) < 4.78 is 5.49. The van der Waals surface area contributed by atoms with Crippen LogP contribution in [-0.4, -0.2) is 29.7 Å². The normalized spacial score (nSPS) is 19.9. The molecule has 1 aliphatic heterocycles. The molecule has 1 N–H and O–H groups in total. The van der Waals surface area contributed by atoms with Crippen LogP contribution in [0.25, 0.3) is 0 Å². The van der Waals surface area contributed by atoms with E-state index in [2.05, 4.69) is 49.1 Å². The van der Waals surface area contributed by atoms with E-state index in [9.17, 15) is 0 Å². The van der Waals surface area contributed by atoms with Crippen molar-refractivity contribution < 1.29 is 4.52 Å². The van der Waals surface area contributed by atoms with Crippen LogP contribution in [0, 0.1) is 11.3 Å². The van der Waals surface area contributed by atoms with Gasteiger partial charge in [-0.1, -0.05) is 32.9 Å². The van der Waals surface area contributed by atoms with Crippen LogP contribution >= 0.6 is 0 Å². The maximum atomic E-state index is 5.49. The van der Waals surface area contributed by atoms with Gasteiger partial charge in [-0.25, -0.2) is 0 Å². The summed E-state index contributed by atoms with van der Waals surface area (Å²) in [4.78, 5) is 2.50. The summed E-state index contributed by atoms with van der Waals surface area (Å²) in [5.41, 5.74) is 1.50. The second kappa shape index (κ2) is 7.41. The fourth-order valence-electron chi connectivity index (χ4n) is 2.86. The van der Waals surface area contributed by atoms with Gasteiger partial charge >= 0.3 is 0 Å². The molecule has 1 fully saturated rings. The average Bonchev–Trinajstić information content (AvgIpc) is 2.75. The zero-order valence-electron chi connectivity index (χ0n) is 14.1. The number of nitrogens with zero attached hydrogens (tertiary/aromatic N) is 2. The van der Waals surface area contributed by atoms with E-state index in [1.165, 1.54) is 25.8 Å². The molecule has 120 valence electrons. The van der Waals surface area contributed by atoms with Crippen LogP contribution < -0.4 is 5.32 Å². The van der Waals surface area contributed by atoms with Gasteiger partial charge in [0.25, 0.3) is 0 Å². The Morgan fingerprint density at radius 1 is 1.33 bits per heavy atom. The van der Waals surface area contributed by atoms with Crippen LogP contribution in [0.5, 0.6) is 0 Å². The zero-order chi connectivity index (χ0) is 15.3. The van der Waals surface area contributed by atoms with E-state index < -0.39 is 0 Å².